The van der Waals surface area contributed by atoms with Crippen molar-refractivity contribution in [3.8, 4) is 16.9 Å². The summed E-state index contributed by atoms with van der Waals surface area (Å²) in [6, 6.07) is 11.8. The summed E-state index contributed by atoms with van der Waals surface area (Å²) in [5, 5.41) is 15.1. The first kappa shape index (κ1) is 24.2. The normalized spacial score (nSPS) is 15.8. The lowest BCUT2D eigenvalue weighted by Gasteiger charge is -2.32. The molecule has 1 aliphatic rings. The third-order valence-corrected chi connectivity index (χ3v) is 5.41. The summed E-state index contributed by atoms with van der Waals surface area (Å²) in [5.41, 5.74) is 2.46. The molecule has 3 N–H and O–H groups in total. The second kappa shape index (κ2) is 11.0. The Morgan fingerprint density at radius 2 is 1.80 bits per heavy atom. The van der Waals surface area contributed by atoms with Crippen molar-refractivity contribution in [2.45, 2.75) is 12.7 Å². The lowest BCUT2D eigenvalue weighted by Crippen LogP contribution is -2.58. The van der Waals surface area contributed by atoms with Gasteiger partial charge in [-0.3, -0.25) is 14.9 Å². The minimum absolute atomic E-state index is 0.0657. The maximum Gasteiger partial charge on any atom is 0.387 e. The van der Waals surface area contributed by atoms with Crippen molar-refractivity contribution in [2.75, 3.05) is 31.6 Å². The zero-order valence-electron chi connectivity index (χ0n) is 18.5. The molecule has 0 radical (unpaired) electrons. The van der Waals surface area contributed by atoms with E-state index in [1.54, 1.807) is 48.8 Å². The molecule has 2 heterocycles. The number of hydrogen-bond acceptors (Lipinski definition) is 8. The second-order valence-corrected chi connectivity index (χ2v) is 7.70. The molecule has 3 aromatic rings. The smallest absolute Gasteiger partial charge is 0.387 e. The van der Waals surface area contributed by atoms with Crippen molar-refractivity contribution in [3.05, 3.63) is 66.5 Å². The molecule has 1 amide bonds. The van der Waals surface area contributed by atoms with Gasteiger partial charge in [0.15, 0.2) is 11.8 Å². The number of alkyl halides is 2. The number of aliphatic hydroxyl groups is 1. The lowest BCUT2D eigenvalue weighted by molar-refractivity contribution is -0.134. The van der Waals surface area contributed by atoms with E-state index in [9.17, 15) is 18.4 Å². The van der Waals surface area contributed by atoms with Crippen LogP contribution in [0.2, 0.25) is 0 Å². The van der Waals surface area contributed by atoms with Gasteiger partial charge in [0.2, 0.25) is 11.9 Å². The van der Waals surface area contributed by atoms with E-state index in [0.29, 0.717) is 35.9 Å². The van der Waals surface area contributed by atoms with Gasteiger partial charge in [0.25, 0.3) is 0 Å². The number of halogens is 2. The van der Waals surface area contributed by atoms with E-state index in [1.807, 2.05) is 0 Å². The Balaban J connectivity index is 1.38. The number of piperazine rings is 1. The van der Waals surface area contributed by atoms with Gasteiger partial charge in [0.05, 0.1) is 6.61 Å². The molecule has 1 aromatic heterocycles. The molecule has 2 aromatic carbocycles. The highest BCUT2D eigenvalue weighted by Crippen LogP contribution is 2.23. The SMILES string of the molecule is O=C(c1ccc(Nc2ncc(-c3ccc(OC(F)F)cc3)cn2)cc1)C1NCCN(CCO)C1=O. The van der Waals surface area contributed by atoms with Crippen molar-refractivity contribution in [1.82, 2.24) is 20.2 Å². The van der Waals surface area contributed by atoms with Crippen molar-refractivity contribution < 1.29 is 28.2 Å². The van der Waals surface area contributed by atoms with E-state index in [4.69, 9.17) is 5.11 Å². The topological polar surface area (TPSA) is 117 Å². The number of anilines is 2. The third kappa shape index (κ3) is 5.94. The molecule has 1 atom stereocenters. The highest BCUT2D eigenvalue weighted by molar-refractivity contribution is 6.13. The number of aromatic nitrogens is 2. The van der Waals surface area contributed by atoms with E-state index < -0.39 is 12.7 Å². The van der Waals surface area contributed by atoms with Crippen molar-refractivity contribution >= 4 is 23.3 Å². The summed E-state index contributed by atoms with van der Waals surface area (Å²) in [5.74, 6) is -0.290. The molecule has 0 aliphatic carbocycles. The number of carbonyl (C=O) groups excluding carboxylic acids is 2. The standard InChI is InChI=1S/C24H23F2N5O4/c25-23(26)35-19-7-3-15(4-8-19)17-13-28-24(29-14-17)30-18-5-1-16(2-6-18)21(33)20-22(34)31(11-12-32)10-9-27-20/h1-8,13-14,20,23,27,32H,9-12H2,(H,28,29,30). The Hall–Kier alpha value is -3.96. The number of Topliss-reactive ketones (excluding diaryl/α,β-unsaturated/α-hetero) is 1. The van der Waals surface area contributed by atoms with Crippen LogP contribution in [0.1, 0.15) is 10.4 Å². The minimum Gasteiger partial charge on any atom is -0.435 e. The number of ether oxygens (including phenoxy) is 1. The van der Waals surface area contributed by atoms with E-state index in [1.165, 1.54) is 17.0 Å². The summed E-state index contributed by atoms with van der Waals surface area (Å²) < 4.78 is 28.9. The Morgan fingerprint density at radius 3 is 2.43 bits per heavy atom. The largest absolute Gasteiger partial charge is 0.435 e. The number of β-amino-alcohol motifs (C(OH)–C–C–N with tert-alkyl or cyclic N) is 1. The summed E-state index contributed by atoms with van der Waals surface area (Å²) in [6.07, 6.45) is 3.18. The molecular formula is C24H23F2N5O4. The molecule has 1 saturated heterocycles. The van der Waals surface area contributed by atoms with Crippen LogP contribution in [0, 0.1) is 0 Å². The zero-order valence-corrected chi connectivity index (χ0v) is 18.5. The van der Waals surface area contributed by atoms with E-state index in [0.717, 1.165) is 5.56 Å². The van der Waals surface area contributed by atoms with Crippen molar-refractivity contribution in [1.29, 1.82) is 0 Å². The fraction of sp³-hybridized carbons (Fsp3) is 0.250. The fourth-order valence-electron chi connectivity index (χ4n) is 3.66. The highest BCUT2D eigenvalue weighted by atomic mass is 19.3. The number of ketones is 1. The van der Waals surface area contributed by atoms with Crippen LogP contribution in [-0.4, -0.2) is 70.6 Å². The molecule has 1 aliphatic heterocycles. The first-order chi connectivity index (χ1) is 16.9. The monoisotopic (exact) mass is 483 g/mol. The predicted octanol–water partition coefficient (Wildman–Crippen LogP) is 2.46. The highest BCUT2D eigenvalue weighted by Gasteiger charge is 2.33. The van der Waals surface area contributed by atoms with Crippen LogP contribution in [-0.2, 0) is 4.79 Å². The van der Waals surface area contributed by atoms with Crippen LogP contribution in [0.25, 0.3) is 11.1 Å². The molecular weight excluding hydrogens is 460 g/mol. The number of rotatable bonds is 9. The van der Waals surface area contributed by atoms with Crippen LogP contribution in [0.4, 0.5) is 20.4 Å². The molecule has 4 rings (SSSR count). The van der Waals surface area contributed by atoms with Crippen molar-refractivity contribution in [2.24, 2.45) is 0 Å². The number of hydrogen-bond donors (Lipinski definition) is 3. The van der Waals surface area contributed by atoms with Gasteiger partial charge in [-0.2, -0.15) is 8.78 Å². The van der Waals surface area contributed by atoms with Gasteiger partial charge in [0.1, 0.15) is 5.75 Å². The predicted molar refractivity (Wildman–Crippen MR) is 124 cm³/mol. The van der Waals surface area contributed by atoms with E-state index in [2.05, 4.69) is 25.3 Å². The lowest BCUT2D eigenvalue weighted by atomic mass is 10.0. The number of nitrogens with one attached hydrogen (secondary N) is 2. The molecule has 0 saturated carbocycles. The molecule has 9 nitrogen and oxygen atoms in total. The van der Waals surface area contributed by atoms with Gasteiger partial charge in [-0.05, 0) is 42.0 Å². The molecule has 0 spiro atoms. The second-order valence-electron chi connectivity index (χ2n) is 7.70. The van der Waals surface area contributed by atoms with Crippen LogP contribution >= 0.6 is 0 Å². The summed E-state index contributed by atoms with van der Waals surface area (Å²) in [7, 11) is 0. The Bertz CT molecular complexity index is 1160. The molecule has 182 valence electrons. The third-order valence-electron chi connectivity index (χ3n) is 5.41. The molecule has 0 bridgehead atoms. The van der Waals surface area contributed by atoms with Gasteiger partial charge in [-0.15, -0.1) is 0 Å². The zero-order chi connectivity index (χ0) is 24.8. The average molecular weight is 483 g/mol. The number of aliphatic hydroxyl groups excluding tert-OH is 1. The summed E-state index contributed by atoms with van der Waals surface area (Å²) in [4.78, 5) is 35.3. The first-order valence-corrected chi connectivity index (χ1v) is 10.9. The quantitative estimate of drug-likeness (QED) is 0.314. The molecule has 1 fully saturated rings. The number of benzene rings is 2. The molecule has 35 heavy (non-hydrogen) atoms. The molecule has 1 unspecified atom stereocenters. The Labute approximate surface area is 199 Å². The van der Waals surface area contributed by atoms with E-state index >= 15 is 0 Å². The van der Waals surface area contributed by atoms with Crippen LogP contribution in [0.5, 0.6) is 5.75 Å². The number of nitrogens with zero attached hydrogens (tertiary/aromatic N) is 3. The van der Waals surface area contributed by atoms with Crippen molar-refractivity contribution in [3.63, 3.8) is 0 Å². The van der Waals surface area contributed by atoms with Gasteiger partial charge in [-0.1, -0.05) is 12.1 Å². The van der Waals surface area contributed by atoms with Crippen LogP contribution in [0.3, 0.4) is 0 Å². The Morgan fingerprint density at radius 1 is 1.11 bits per heavy atom. The molecule has 11 heteroatoms. The van der Waals surface area contributed by atoms with Crippen LogP contribution in [0.15, 0.2) is 60.9 Å². The van der Waals surface area contributed by atoms with Gasteiger partial charge in [0, 0.05) is 48.8 Å². The minimum atomic E-state index is -2.88. The maximum atomic E-state index is 12.8. The number of carbonyl (C=O) groups is 2. The number of amides is 1. The maximum absolute atomic E-state index is 12.8. The van der Waals surface area contributed by atoms with E-state index in [-0.39, 0.29) is 30.6 Å². The first-order valence-electron chi connectivity index (χ1n) is 10.9. The average Bonchev–Trinajstić information content (AvgIpc) is 2.86. The fourth-order valence-corrected chi connectivity index (χ4v) is 3.66. The summed E-state index contributed by atoms with van der Waals surface area (Å²) >= 11 is 0. The van der Waals surface area contributed by atoms with Crippen LogP contribution < -0.4 is 15.4 Å². The van der Waals surface area contributed by atoms with Gasteiger partial charge in [-0.25, -0.2) is 9.97 Å². The Kier molecular flexibility index (Phi) is 7.58. The van der Waals surface area contributed by atoms with Gasteiger partial charge >= 0.3 is 6.61 Å². The van der Waals surface area contributed by atoms with Gasteiger partial charge < -0.3 is 20.1 Å². The summed E-state index contributed by atoms with van der Waals surface area (Å²) in [6.45, 7) is -1.91.